The van der Waals surface area contributed by atoms with Crippen molar-refractivity contribution < 1.29 is 27.5 Å². The molecule has 1 heterocycles. The Morgan fingerprint density at radius 1 is 0.972 bits per heavy atom. The van der Waals surface area contributed by atoms with E-state index in [0.717, 1.165) is 6.08 Å². The van der Waals surface area contributed by atoms with Gasteiger partial charge in [0.2, 0.25) is 5.95 Å². The SMILES string of the molecule is CCOc1ccc(C(=O)/C=C(\Nc2ccc(S(=O)(=O)Nc3nc(C)cc(C)n3)cc2)C(=O)OC)cc1. The number of hydrogen-bond acceptors (Lipinski definition) is 9. The Morgan fingerprint density at radius 3 is 2.14 bits per heavy atom. The molecule has 0 saturated heterocycles. The minimum absolute atomic E-state index is 0.0292. The van der Waals surface area contributed by atoms with E-state index in [2.05, 4.69) is 20.0 Å². The van der Waals surface area contributed by atoms with Crippen molar-refractivity contribution in [3.8, 4) is 5.75 Å². The Hall–Kier alpha value is -4.25. The third-order valence-corrected chi connectivity index (χ3v) is 6.13. The number of aromatic nitrogens is 2. The van der Waals surface area contributed by atoms with Crippen LogP contribution in [0.2, 0.25) is 0 Å². The Labute approximate surface area is 209 Å². The van der Waals surface area contributed by atoms with Crippen LogP contribution in [0.25, 0.3) is 0 Å². The molecule has 0 spiro atoms. The van der Waals surface area contributed by atoms with E-state index >= 15 is 0 Å². The van der Waals surface area contributed by atoms with Crippen LogP contribution in [0.15, 0.2) is 71.3 Å². The summed E-state index contributed by atoms with van der Waals surface area (Å²) < 4.78 is 37.9. The second-order valence-electron chi connectivity index (χ2n) is 7.60. The second-order valence-corrected chi connectivity index (χ2v) is 9.28. The van der Waals surface area contributed by atoms with Gasteiger partial charge in [-0.3, -0.25) is 4.79 Å². The van der Waals surface area contributed by atoms with E-state index in [1.165, 1.54) is 31.4 Å². The summed E-state index contributed by atoms with van der Waals surface area (Å²) in [5.41, 5.74) is 1.85. The van der Waals surface area contributed by atoms with Crippen LogP contribution < -0.4 is 14.8 Å². The lowest BCUT2D eigenvalue weighted by Crippen LogP contribution is -2.16. The molecule has 0 saturated carbocycles. The number of allylic oxidation sites excluding steroid dienone is 1. The van der Waals surface area contributed by atoms with Crippen LogP contribution in [-0.2, 0) is 19.6 Å². The highest BCUT2D eigenvalue weighted by Crippen LogP contribution is 2.19. The molecule has 2 N–H and O–H groups in total. The molecule has 3 aromatic rings. The van der Waals surface area contributed by atoms with Crippen molar-refractivity contribution in [2.24, 2.45) is 0 Å². The molecule has 0 amide bonds. The maximum atomic E-state index is 12.7. The molecule has 188 valence electrons. The molecule has 0 bridgehead atoms. The van der Waals surface area contributed by atoms with Gasteiger partial charge in [0.25, 0.3) is 10.0 Å². The third-order valence-electron chi connectivity index (χ3n) is 4.78. The number of esters is 1. The maximum absolute atomic E-state index is 12.7. The van der Waals surface area contributed by atoms with Gasteiger partial charge >= 0.3 is 5.97 Å². The van der Waals surface area contributed by atoms with E-state index in [0.29, 0.717) is 35.0 Å². The number of rotatable bonds is 10. The number of methoxy groups -OCH3 is 1. The van der Waals surface area contributed by atoms with Gasteiger partial charge in [0, 0.05) is 28.7 Å². The summed E-state index contributed by atoms with van der Waals surface area (Å²) in [6.45, 7) is 5.83. The minimum Gasteiger partial charge on any atom is -0.494 e. The lowest BCUT2D eigenvalue weighted by molar-refractivity contribution is -0.135. The number of sulfonamides is 1. The second kappa shape index (κ2) is 11.5. The van der Waals surface area contributed by atoms with Gasteiger partial charge < -0.3 is 14.8 Å². The summed E-state index contributed by atoms with van der Waals surface area (Å²) >= 11 is 0. The first-order valence-corrected chi connectivity index (χ1v) is 12.4. The van der Waals surface area contributed by atoms with Crippen LogP contribution >= 0.6 is 0 Å². The first-order valence-electron chi connectivity index (χ1n) is 10.9. The molecule has 0 aliphatic heterocycles. The molecular weight excluding hydrogens is 484 g/mol. The average molecular weight is 511 g/mol. The van der Waals surface area contributed by atoms with E-state index in [9.17, 15) is 18.0 Å². The number of anilines is 2. The lowest BCUT2D eigenvalue weighted by atomic mass is 10.1. The molecule has 0 unspecified atom stereocenters. The first kappa shape index (κ1) is 26.4. The van der Waals surface area contributed by atoms with Crippen LogP contribution in [0.3, 0.4) is 0 Å². The van der Waals surface area contributed by atoms with Gasteiger partial charge in [-0.05, 0) is 75.4 Å². The van der Waals surface area contributed by atoms with Crippen molar-refractivity contribution >= 4 is 33.4 Å². The zero-order chi connectivity index (χ0) is 26.3. The van der Waals surface area contributed by atoms with Gasteiger partial charge in [0.15, 0.2) is 5.78 Å². The minimum atomic E-state index is -3.95. The smallest absolute Gasteiger partial charge is 0.354 e. The fourth-order valence-electron chi connectivity index (χ4n) is 3.18. The molecule has 0 fully saturated rings. The summed E-state index contributed by atoms with van der Waals surface area (Å²) in [6.07, 6.45) is 1.12. The number of hydrogen-bond donors (Lipinski definition) is 2. The summed E-state index contributed by atoms with van der Waals surface area (Å²) in [4.78, 5) is 33.1. The number of aryl methyl sites for hydroxylation is 2. The Kier molecular flexibility index (Phi) is 8.38. The molecule has 2 aromatic carbocycles. The molecular formula is C25H26N4O6S. The maximum Gasteiger partial charge on any atom is 0.354 e. The Bertz CT molecular complexity index is 1360. The summed E-state index contributed by atoms with van der Waals surface area (Å²) in [7, 11) is -2.76. The van der Waals surface area contributed by atoms with Crippen molar-refractivity contribution in [3.05, 3.63) is 83.3 Å². The van der Waals surface area contributed by atoms with Gasteiger partial charge in [0.05, 0.1) is 18.6 Å². The molecule has 0 aliphatic carbocycles. The largest absolute Gasteiger partial charge is 0.494 e. The van der Waals surface area contributed by atoms with E-state index in [-0.39, 0.29) is 16.5 Å². The van der Waals surface area contributed by atoms with Gasteiger partial charge in [0.1, 0.15) is 11.4 Å². The molecule has 0 aliphatic rings. The number of carbonyl (C=O) groups excluding carboxylic acids is 2. The van der Waals surface area contributed by atoms with Crippen LogP contribution in [0, 0.1) is 13.8 Å². The third kappa shape index (κ3) is 6.89. The quantitative estimate of drug-likeness (QED) is 0.238. The van der Waals surface area contributed by atoms with Gasteiger partial charge in [-0.2, -0.15) is 0 Å². The normalized spacial score (nSPS) is 11.5. The number of benzene rings is 2. The topological polar surface area (TPSA) is 137 Å². The highest BCUT2D eigenvalue weighted by Gasteiger charge is 2.18. The van der Waals surface area contributed by atoms with Crippen LogP contribution in [0.5, 0.6) is 5.75 Å². The van der Waals surface area contributed by atoms with E-state index in [1.807, 2.05) is 6.92 Å². The molecule has 0 radical (unpaired) electrons. The highest BCUT2D eigenvalue weighted by molar-refractivity contribution is 7.92. The zero-order valence-electron chi connectivity index (χ0n) is 20.2. The predicted molar refractivity (Wildman–Crippen MR) is 134 cm³/mol. The molecule has 0 atom stereocenters. The fraction of sp³-hybridized carbons (Fsp3) is 0.200. The van der Waals surface area contributed by atoms with Crippen molar-refractivity contribution in [3.63, 3.8) is 0 Å². The van der Waals surface area contributed by atoms with Crippen molar-refractivity contribution in [2.45, 2.75) is 25.7 Å². The standard InChI is InChI=1S/C25H26N4O6S/c1-5-35-20-10-6-18(7-11-20)23(30)15-22(24(31)34-4)28-19-8-12-21(13-9-19)36(32,33)29-25-26-16(2)14-17(3)27-25/h6-15,28H,5H2,1-4H3,(H,26,27,29)/b22-15-. The fourth-order valence-corrected chi connectivity index (χ4v) is 4.12. The van der Waals surface area contributed by atoms with Crippen LogP contribution in [0.1, 0.15) is 28.7 Å². The summed E-state index contributed by atoms with van der Waals surface area (Å²) in [5.74, 6) is -0.598. The Morgan fingerprint density at radius 2 is 1.58 bits per heavy atom. The van der Waals surface area contributed by atoms with E-state index in [4.69, 9.17) is 9.47 Å². The lowest BCUT2D eigenvalue weighted by Gasteiger charge is -2.11. The van der Waals surface area contributed by atoms with Gasteiger partial charge in [-0.1, -0.05) is 0 Å². The monoisotopic (exact) mass is 510 g/mol. The molecule has 1 aromatic heterocycles. The average Bonchev–Trinajstić information content (AvgIpc) is 2.83. The predicted octanol–water partition coefficient (Wildman–Crippen LogP) is 3.64. The molecule has 11 heteroatoms. The van der Waals surface area contributed by atoms with Crippen LogP contribution in [-0.4, -0.2) is 43.9 Å². The Balaban J connectivity index is 1.78. The zero-order valence-corrected chi connectivity index (χ0v) is 21.0. The number of carbonyl (C=O) groups is 2. The first-order chi connectivity index (χ1) is 17.1. The molecule has 3 rings (SSSR count). The number of ketones is 1. The number of ether oxygens (including phenoxy) is 2. The van der Waals surface area contributed by atoms with Gasteiger partial charge in [-0.15, -0.1) is 0 Å². The summed E-state index contributed by atoms with van der Waals surface area (Å²) in [6, 6.07) is 13.8. The molecule has 10 nitrogen and oxygen atoms in total. The number of nitrogens with one attached hydrogen (secondary N) is 2. The van der Waals surface area contributed by atoms with Crippen LogP contribution in [0.4, 0.5) is 11.6 Å². The summed E-state index contributed by atoms with van der Waals surface area (Å²) in [5, 5.41) is 2.81. The molecule has 36 heavy (non-hydrogen) atoms. The van der Waals surface area contributed by atoms with E-state index < -0.39 is 21.8 Å². The van der Waals surface area contributed by atoms with Crippen molar-refractivity contribution in [1.82, 2.24) is 9.97 Å². The number of nitrogens with zero attached hydrogens (tertiary/aromatic N) is 2. The van der Waals surface area contributed by atoms with Crippen molar-refractivity contribution in [1.29, 1.82) is 0 Å². The van der Waals surface area contributed by atoms with Gasteiger partial charge in [-0.25, -0.2) is 27.9 Å². The van der Waals surface area contributed by atoms with Crippen molar-refractivity contribution in [2.75, 3.05) is 23.8 Å². The highest BCUT2D eigenvalue weighted by atomic mass is 32.2. The van der Waals surface area contributed by atoms with E-state index in [1.54, 1.807) is 44.2 Å².